The maximum atomic E-state index is 13.7. The van der Waals surface area contributed by atoms with Gasteiger partial charge in [-0.05, 0) is 54.5 Å². The van der Waals surface area contributed by atoms with Crippen LogP contribution in [0.15, 0.2) is 24.0 Å². The molecular formula is C18H21FO2. The minimum absolute atomic E-state index is 0.0231. The van der Waals surface area contributed by atoms with Gasteiger partial charge in [0.05, 0.1) is 6.61 Å². The average molecular weight is 288 g/mol. The number of ether oxygens (including phenoxy) is 1. The fourth-order valence-electron chi connectivity index (χ4n) is 2.70. The molecule has 1 aliphatic rings. The van der Waals surface area contributed by atoms with Gasteiger partial charge in [0.25, 0.3) is 0 Å². The average Bonchev–Trinajstić information content (AvgIpc) is 2.46. The van der Waals surface area contributed by atoms with Crippen LogP contribution in [0.3, 0.4) is 0 Å². The van der Waals surface area contributed by atoms with Crippen LogP contribution >= 0.6 is 0 Å². The lowest BCUT2D eigenvalue weighted by atomic mass is 9.75. The normalized spacial score (nSPS) is 17.0. The van der Waals surface area contributed by atoms with E-state index in [9.17, 15) is 9.18 Å². The minimum atomic E-state index is -0.755. The van der Waals surface area contributed by atoms with Gasteiger partial charge in [-0.3, -0.25) is 4.79 Å². The van der Waals surface area contributed by atoms with E-state index in [0.29, 0.717) is 23.5 Å². The lowest BCUT2D eigenvalue weighted by molar-refractivity contribution is -0.106. The van der Waals surface area contributed by atoms with Crippen LogP contribution in [0.2, 0.25) is 0 Å². The lowest BCUT2D eigenvalue weighted by Crippen LogP contribution is -2.20. The van der Waals surface area contributed by atoms with Gasteiger partial charge in [0.1, 0.15) is 5.75 Å². The summed E-state index contributed by atoms with van der Waals surface area (Å²) < 4.78 is 19.3. The molecule has 0 radical (unpaired) electrons. The first kappa shape index (κ1) is 15.5. The summed E-state index contributed by atoms with van der Waals surface area (Å²) in [6, 6.07) is 3.90. The molecule has 0 unspecified atom stereocenters. The molecule has 0 atom stereocenters. The van der Waals surface area contributed by atoms with Crippen LogP contribution in [-0.2, 0) is 10.2 Å². The molecule has 2 rings (SSSR count). The first-order valence-corrected chi connectivity index (χ1v) is 7.20. The molecule has 3 heteroatoms. The van der Waals surface area contributed by atoms with E-state index in [2.05, 4.69) is 19.9 Å². The SMILES string of the molecule is CCOc1cc2c(cc1C(C)=C(F)C=O)C=CCC2(C)C. The fourth-order valence-corrected chi connectivity index (χ4v) is 2.70. The molecule has 21 heavy (non-hydrogen) atoms. The number of benzene rings is 1. The van der Waals surface area contributed by atoms with Crippen molar-refractivity contribution in [3.05, 3.63) is 40.7 Å². The zero-order valence-electron chi connectivity index (χ0n) is 13.0. The molecular weight excluding hydrogens is 267 g/mol. The van der Waals surface area contributed by atoms with E-state index in [-0.39, 0.29) is 11.7 Å². The number of fused-ring (bicyclic) bond motifs is 1. The van der Waals surface area contributed by atoms with Crippen LogP contribution < -0.4 is 4.74 Å². The number of allylic oxidation sites excluding steroid dienone is 3. The van der Waals surface area contributed by atoms with E-state index in [1.165, 1.54) is 5.56 Å². The van der Waals surface area contributed by atoms with E-state index in [1.807, 2.05) is 25.1 Å². The molecule has 1 aliphatic carbocycles. The molecule has 0 spiro atoms. The molecule has 0 aromatic heterocycles. The quantitative estimate of drug-likeness (QED) is 0.594. The summed E-state index contributed by atoms with van der Waals surface area (Å²) in [7, 11) is 0. The third kappa shape index (κ3) is 2.92. The Kier molecular flexibility index (Phi) is 4.31. The van der Waals surface area contributed by atoms with Crippen LogP contribution in [0.4, 0.5) is 4.39 Å². The van der Waals surface area contributed by atoms with Crippen molar-refractivity contribution in [3.63, 3.8) is 0 Å². The molecule has 1 aromatic rings. The van der Waals surface area contributed by atoms with Crippen molar-refractivity contribution >= 4 is 17.9 Å². The van der Waals surface area contributed by atoms with Gasteiger partial charge in [-0.1, -0.05) is 26.0 Å². The summed E-state index contributed by atoms with van der Waals surface area (Å²) in [5.41, 5.74) is 3.23. The van der Waals surface area contributed by atoms with E-state index in [1.54, 1.807) is 6.92 Å². The number of hydrogen-bond acceptors (Lipinski definition) is 2. The summed E-state index contributed by atoms with van der Waals surface area (Å²) in [6.07, 6.45) is 5.38. The van der Waals surface area contributed by atoms with Gasteiger partial charge in [-0.25, -0.2) is 4.39 Å². The Labute approximate surface area is 125 Å². The highest BCUT2D eigenvalue weighted by Gasteiger charge is 2.27. The Hall–Kier alpha value is -1.90. The molecule has 2 nitrogen and oxygen atoms in total. The summed E-state index contributed by atoms with van der Waals surface area (Å²) in [5.74, 6) is -0.121. The Balaban J connectivity index is 2.68. The van der Waals surface area contributed by atoms with Crippen LogP contribution in [0, 0.1) is 0 Å². The van der Waals surface area contributed by atoms with Crippen LogP contribution in [0.1, 0.15) is 50.8 Å². The van der Waals surface area contributed by atoms with Gasteiger partial charge in [0.2, 0.25) is 0 Å². The summed E-state index contributed by atoms with van der Waals surface area (Å²) in [4.78, 5) is 10.7. The molecule has 0 saturated heterocycles. The third-order valence-corrected chi connectivity index (χ3v) is 3.97. The van der Waals surface area contributed by atoms with Gasteiger partial charge >= 0.3 is 0 Å². The molecule has 0 aliphatic heterocycles. The van der Waals surface area contributed by atoms with Crippen LogP contribution in [-0.4, -0.2) is 12.9 Å². The summed E-state index contributed by atoms with van der Waals surface area (Å²) in [6.45, 7) is 8.35. The zero-order chi connectivity index (χ0) is 15.6. The zero-order valence-corrected chi connectivity index (χ0v) is 13.0. The van der Waals surface area contributed by atoms with Gasteiger partial charge in [0, 0.05) is 5.56 Å². The molecule has 0 N–H and O–H groups in total. The van der Waals surface area contributed by atoms with E-state index < -0.39 is 5.83 Å². The largest absolute Gasteiger partial charge is 0.493 e. The monoisotopic (exact) mass is 288 g/mol. The molecule has 0 bridgehead atoms. The Bertz CT molecular complexity index is 624. The number of carbonyl (C=O) groups is 1. The highest BCUT2D eigenvalue weighted by Crippen LogP contribution is 2.40. The predicted molar refractivity (Wildman–Crippen MR) is 84.1 cm³/mol. The summed E-state index contributed by atoms with van der Waals surface area (Å²) in [5, 5.41) is 0. The molecule has 0 fully saturated rings. The highest BCUT2D eigenvalue weighted by atomic mass is 19.1. The molecule has 0 saturated carbocycles. The third-order valence-electron chi connectivity index (χ3n) is 3.97. The minimum Gasteiger partial charge on any atom is -0.493 e. The van der Waals surface area contributed by atoms with Crippen molar-refractivity contribution in [1.82, 2.24) is 0 Å². The molecule has 0 heterocycles. The van der Waals surface area contributed by atoms with Crippen LogP contribution in [0.5, 0.6) is 5.75 Å². The van der Waals surface area contributed by atoms with Gasteiger partial charge in [0.15, 0.2) is 12.1 Å². The van der Waals surface area contributed by atoms with E-state index in [0.717, 1.165) is 12.0 Å². The van der Waals surface area contributed by atoms with Crippen molar-refractivity contribution in [1.29, 1.82) is 0 Å². The second-order valence-corrected chi connectivity index (χ2v) is 5.95. The van der Waals surface area contributed by atoms with E-state index >= 15 is 0 Å². The van der Waals surface area contributed by atoms with E-state index in [4.69, 9.17) is 4.74 Å². The highest BCUT2D eigenvalue weighted by molar-refractivity contribution is 5.87. The van der Waals surface area contributed by atoms with Gasteiger partial charge in [-0.15, -0.1) is 0 Å². The van der Waals surface area contributed by atoms with Crippen molar-refractivity contribution in [2.24, 2.45) is 0 Å². The number of halogens is 1. The standard InChI is InChI=1S/C18H21FO2/c1-5-21-17-10-15-13(7-6-8-18(15,3)4)9-14(17)12(2)16(19)11-20/h6-7,9-11H,5,8H2,1-4H3. The maximum Gasteiger partial charge on any atom is 0.178 e. The second kappa shape index (κ2) is 5.84. The summed E-state index contributed by atoms with van der Waals surface area (Å²) >= 11 is 0. The first-order valence-electron chi connectivity index (χ1n) is 7.20. The number of rotatable bonds is 4. The first-order chi connectivity index (χ1) is 9.90. The fraction of sp³-hybridized carbons (Fsp3) is 0.389. The number of carbonyl (C=O) groups excluding carboxylic acids is 1. The Morgan fingerprint density at radius 2 is 2.14 bits per heavy atom. The molecule has 112 valence electrons. The van der Waals surface area contributed by atoms with Gasteiger partial charge in [-0.2, -0.15) is 0 Å². The smallest absolute Gasteiger partial charge is 0.178 e. The Morgan fingerprint density at radius 3 is 2.76 bits per heavy atom. The molecule has 0 amide bonds. The van der Waals surface area contributed by atoms with Crippen molar-refractivity contribution < 1.29 is 13.9 Å². The van der Waals surface area contributed by atoms with Crippen molar-refractivity contribution in [3.8, 4) is 5.75 Å². The Morgan fingerprint density at radius 1 is 1.43 bits per heavy atom. The van der Waals surface area contributed by atoms with Crippen LogP contribution in [0.25, 0.3) is 11.6 Å². The molecule has 1 aromatic carbocycles. The van der Waals surface area contributed by atoms with Crippen molar-refractivity contribution in [2.45, 2.75) is 39.5 Å². The topological polar surface area (TPSA) is 26.3 Å². The number of hydrogen-bond donors (Lipinski definition) is 0. The maximum absolute atomic E-state index is 13.7. The predicted octanol–water partition coefficient (Wildman–Crippen LogP) is 4.68. The number of aldehydes is 1. The second-order valence-electron chi connectivity index (χ2n) is 5.95. The van der Waals surface area contributed by atoms with Gasteiger partial charge < -0.3 is 4.74 Å². The van der Waals surface area contributed by atoms with Crippen molar-refractivity contribution in [2.75, 3.05) is 6.61 Å². The lowest BCUT2D eigenvalue weighted by Gasteiger charge is -2.30.